The molecule has 0 aromatic rings. The second-order valence-corrected chi connectivity index (χ2v) is 8.01. The minimum Gasteiger partial charge on any atom is -0.463 e. The Bertz CT molecular complexity index is 523. The zero-order chi connectivity index (χ0) is 20.9. The highest BCUT2D eigenvalue weighted by atomic mass is 16.5. The molecule has 0 spiro atoms. The van der Waals surface area contributed by atoms with Crippen molar-refractivity contribution in [3.63, 3.8) is 0 Å². The lowest BCUT2D eigenvalue weighted by Gasteiger charge is -2.16. The molecule has 1 aliphatic rings. The zero-order valence-corrected chi connectivity index (χ0v) is 17.7. The van der Waals surface area contributed by atoms with Crippen LogP contribution < -0.4 is 0 Å². The van der Waals surface area contributed by atoms with Gasteiger partial charge in [0, 0.05) is 24.7 Å². The number of ketones is 1. The highest BCUT2D eigenvalue weighted by Crippen LogP contribution is 2.33. The Labute approximate surface area is 169 Å². The molecule has 0 radical (unpaired) electrons. The normalized spacial score (nSPS) is 23.9. The van der Waals surface area contributed by atoms with Crippen LogP contribution in [0, 0.1) is 11.8 Å². The van der Waals surface area contributed by atoms with Gasteiger partial charge in [0.1, 0.15) is 5.78 Å². The molecule has 0 unspecified atom stereocenters. The third-order valence-corrected chi connectivity index (χ3v) is 5.07. The quantitative estimate of drug-likeness (QED) is 0.279. The van der Waals surface area contributed by atoms with Crippen molar-refractivity contribution < 1.29 is 24.5 Å². The number of unbranched alkanes of at least 4 members (excludes halogenated alkanes) is 3. The highest BCUT2D eigenvalue weighted by molar-refractivity contribution is 5.84. The van der Waals surface area contributed by atoms with Crippen LogP contribution in [0.25, 0.3) is 0 Å². The molecule has 0 aliphatic heterocycles. The predicted octanol–water partition coefficient (Wildman–Crippen LogP) is 4.12. The summed E-state index contributed by atoms with van der Waals surface area (Å²) in [5.74, 6) is -0.580. The van der Waals surface area contributed by atoms with Crippen molar-refractivity contribution in [2.75, 3.05) is 0 Å². The van der Waals surface area contributed by atoms with Gasteiger partial charge in [0.25, 0.3) is 0 Å². The topological polar surface area (TPSA) is 83.8 Å². The van der Waals surface area contributed by atoms with Crippen molar-refractivity contribution in [1.82, 2.24) is 0 Å². The summed E-state index contributed by atoms with van der Waals surface area (Å²) >= 11 is 0. The van der Waals surface area contributed by atoms with Gasteiger partial charge in [-0.05, 0) is 39.5 Å². The van der Waals surface area contributed by atoms with Crippen molar-refractivity contribution in [2.45, 2.75) is 96.9 Å². The molecule has 5 heteroatoms. The Hall–Kier alpha value is -1.46. The minimum atomic E-state index is -0.671. The number of ether oxygens (including phenoxy) is 1. The molecule has 1 aliphatic carbocycles. The van der Waals surface area contributed by atoms with Gasteiger partial charge in [0.05, 0.1) is 18.3 Å². The summed E-state index contributed by atoms with van der Waals surface area (Å²) in [6, 6.07) is 0. The van der Waals surface area contributed by atoms with E-state index in [1.165, 1.54) is 0 Å². The summed E-state index contributed by atoms with van der Waals surface area (Å²) in [7, 11) is 0. The second kappa shape index (κ2) is 13.7. The van der Waals surface area contributed by atoms with Crippen molar-refractivity contribution in [3.8, 4) is 0 Å². The molecular formula is C23H38O5. The lowest BCUT2D eigenvalue weighted by atomic mass is 9.90. The molecule has 160 valence electrons. The Morgan fingerprint density at radius 2 is 2.00 bits per heavy atom. The molecule has 1 rings (SSSR count). The molecule has 0 aromatic heterocycles. The molecule has 4 atom stereocenters. The molecule has 0 saturated heterocycles. The first-order valence-electron chi connectivity index (χ1n) is 10.8. The van der Waals surface area contributed by atoms with Gasteiger partial charge in [-0.2, -0.15) is 0 Å². The molecule has 0 heterocycles. The van der Waals surface area contributed by atoms with Crippen LogP contribution in [0.3, 0.4) is 0 Å². The van der Waals surface area contributed by atoms with Crippen LogP contribution >= 0.6 is 0 Å². The van der Waals surface area contributed by atoms with E-state index < -0.39 is 12.2 Å². The van der Waals surface area contributed by atoms with E-state index in [1.54, 1.807) is 6.08 Å². The fourth-order valence-electron chi connectivity index (χ4n) is 3.53. The van der Waals surface area contributed by atoms with Crippen LogP contribution in [0.4, 0.5) is 0 Å². The number of rotatable bonds is 13. The van der Waals surface area contributed by atoms with Crippen LogP contribution in [-0.4, -0.2) is 40.3 Å². The lowest BCUT2D eigenvalue weighted by Crippen LogP contribution is -2.18. The first kappa shape index (κ1) is 24.6. The van der Waals surface area contributed by atoms with Gasteiger partial charge in [-0.1, -0.05) is 50.5 Å². The van der Waals surface area contributed by atoms with Crippen LogP contribution in [-0.2, 0) is 14.3 Å². The summed E-state index contributed by atoms with van der Waals surface area (Å²) in [6.45, 7) is 5.79. The van der Waals surface area contributed by atoms with Gasteiger partial charge in [0.2, 0.25) is 0 Å². The molecule has 0 aromatic carbocycles. The first-order valence-corrected chi connectivity index (χ1v) is 10.8. The summed E-state index contributed by atoms with van der Waals surface area (Å²) in [5.41, 5.74) is 0. The Morgan fingerprint density at radius 3 is 2.68 bits per heavy atom. The summed E-state index contributed by atoms with van der Waals surface area (Å²) < 4.78 is 5.09. The monoisotopic (exact) mass is 394 g/mol. The summed E-state index contributed by atoms with van der Waals surface area (Å²) in [5, 5.41) is 20.2. The fourth-order valence-corrected chi connectivity index (χ4v) is 3.53. The van der Waals surface area contributed by atoms with E-state index >= 15 is 0 Å². The molecule has 2 N–H and O–H groups in total. The van der Waals surface area contributed by atoms with E-state index in [4.69, 9.17) is 4.74 Å². The van der Waals surface area contributed by atoms with Gasteiger partial charge in [0.15, 0.2) is 0 Å². The predicted molar refractivity (Wildman–Crippen MR) is 111 cm³/mol. The van der Waals surface area contributed by atoms with E-state index in [1.807, 2.05) is 32.1 Å². The van der Waals surface area contributed by atoms with Gasteiger partial charge < -0.3 is 14.9 Å². The number of carbonyl (C=O) groups is 2. The zero-order valence-electron chi connectivity index (χ0n) is 17.7. The lowest BCUT2D eigenvalue weighted by molar-refractivity contribution is -0.147. The summed E-state index contributed by atoms with van der Waals surface area (Å²) in [4.78, 5) is 23.7. The van der Waals surface area contributed by atoms with Crippen molar-refractivity contribution in [1.29, 1.82) is 0 Å². The second-order valence-electron chi connectivity index (χ2n) is 8.01. The molecule has 1 fully saturated rings. The molecule has 5 nitrogen and oxygen atoms in total. The summed E-state index contributed by atoms with van der Waals surface area (Å²) in [6.07, 6.45) is 12.8. The third-order valence-electron chi connectivity index (χ3n) is 5.07. The number of aliphatic hydroxyl groups is 2. The van der Waals surface area contributed by atoms with Crippen molar-refractivity contribution in [2.24, 2.45) is 11.8 Å². The molecule has 0 bridgehead atoms. The van der Waals surface area contributed by atoms with E-state index in [0.717, 1.165) is 32.1 Å². The first-order chi connectivity index (χ1) is 13.3. The Kier molecular flexibility index (Phi) is 12.0. The Morgan fingerprint density at radius 1 is 1.25 bits per heavy atom. The maximum Gasteiger partial charge on any atom is 0.306 e. The highest BCUT2D eigenvalue weighted by Gasteiger charge is 2.39. The number of aliphatic hydroxyl groups excluding tert-OH is 2. The van der Waals surface area contributed by atoms with Crippen LogP contribution in [0.15, 0.2) is 24.3 Å². The standard InChI is InChI=1S/C23H38O5/c1-4-5-8-11-18(24)14-15-20-19(21(25)16-22(20)26)12-9-6-7-10-13-23(27)28-17(2)3/h6,9,14-15,17-20,22,24,26H,4-5,7-8,10-13,16H2,1-3H3/b9-6-,15-14+/t18-,19-,20+,22+/m0/s1. The van der Waals surface area contributed by atoms with Gasteiger partial charge in [-0.25, -0.2) is 0 Å². The Balaban J connectivity index is 2.42. The maximum absolute atomic E-state index is 12.2. The smallest absolute Gasteiger partial charge is 0.306 e. The van der Waals surface area contributed by atoms with Crippen LogP contribution in [0.1, 0.15) is 78.6 Å². The minimum absolute atomic E-state index is 0.0767. The number of hydrogen-bond acceptors (Lipinski definition) is 5. The number of allylic oxidation sites excluding steroid dienone is 2. The van der Waals surface area contributed by atoms with E-state index in [2.05, 4.69) is 6.92 Å². The van der Waals surface area contributed by atoms with Crippen LogP contribution in [0.2, 0.25) is 0 Å². The number of esters is 1. The van der Waals surface area contributed by atoms with Gasteiger partial charge in [-0.3, -0.25) is 9.59 Å². The molecule has 0 amide bonds. The molecule has 1 saturated carbocycles. The number of hydrogen-bond donors (Lipinski definition) is 2. The molecule has 28 heavy (non-hydrogen) atoms. The van der Waals surface area contributed by atoms with Crippen molar-refractivity contribution >= 4 is 11.8 Å². The van der Waals surface area contributed by atoms with Crippen LogP contribution in [0.5, 0.6) is 0 Å². The van der Waals surface area contributed by atoms with E-state index in [9.17, 15) is 19.8 Å². The SMILES string of the molecule is CCCCC[C@H](O)/C=C/[C@H]1[C@H](O)CC(=O)[C@H]1C/C=C\CCCC(=O)OC(C)C. The average molecular weight is 395 g/mol. The van der Waals surface area contributed by atoms with Gasteiger partial charge in [-0.15, -0.1) is 0 Å². The largest absolute Gasteiger partial charge is 0.463 e. The van der Waals surface area contributed by atoms with E-state index in [-0.39, 0.29) is 36.1 Å². The van der Waals surface area contributed by atoms with Gasteiger partial charge >= 0.3 is 5.97 Å². The fraction of sp³-hybridized carbons (Fsp3) is 0.739. The average Bonchev–Trinajstić information content (AvgIpc) is 2.88. The van der Waals surface area contributed by atoms with Crippen molar-refractivity contribution in [3.05, 3.63) is 24.3 Å². The maximum atomic E-state index is 12.2. The van der Waals surface area contributed by atoms with E-state index in [0.29, 0.717) is 19.3 Å². The number of carbonyl (C=O) groups excluding carboxylic acids is 2. The molecular weight excluding hydrogens is 356 g/mol. The third kappa shape index (κ3) is 9.65. The number of Topliss-reactive ketones (excluding diaryl/α,β-unsaturated/α-hetero) is 1.